The maximum Gasteiger partial charge on any atom is 0.255 e. The molecule has 0 aliphatic heterocycles. The van der Waals surface area contributed by atoms with Gasteiger partial charge in [-0.05, 0) is 25.0 Å². The fourth-order valence-electron chi connectivity index (χ4n) is 1.74. The van der Waals surface area contributed by atoms with E-state index < -0.39 is 0 Å². The lowest BCUT2D eigenvalue weighted by atomic mass is 9.92. The monoisotopic (exact) mass is 236 g/mol. The number of nitrogens with one attached hydrogen (secondary N) is 1. The van der Waals surface area contributed by atoms with Gasteiger partial charge in [0.15, 0.2) is 0 Å². The van der Waals surface area contributed by atoms with E-state index in [9.17, 15) is 9.90 Å². The Balaban J connectivity index is 2.89. The molecule has 94 valence electrons. The van der Waals surface area contributed by atoms with Crippen LogP contribution in [0.4, 0.5) is 0 Å². The van der Waals surface area contributed by atoms with Crippen molar-refractivity contribution in [2.45, 2.75) is 32.2 Å². The Morgan fingerprint density at radius 2 is 1.94 bits per heavy atom. The number of nitrogens with two attached hydrogens (primary N) is 1. The normalized spacial score (nSPS) is 11.2. The van der Waals surface area contributed by atoms with Crippen LogP contribution in [0.2, 0.25) is 0 Å². The molecule has 0 spiro atoms. The second-order valence-electron chi connectivity index (χ2n) is 4.16. The topological polar surface area (TPSA) is 75.3 Å². The van der Waals surface area contributed by atoms with E-state index in [4.69, 9.17) is 5.73 Å². The first-order valence-electron chi connectivity index (χ1n) is 5.89. The van der Waals surface area contributed by atoms with Gasteiger partial charge < -0.3 is 16.2 Å². The summed E-state index contributed by atoms with van der Waals surface area (Å²) in [5, 5.41) is 12.5. The summed E-state index contributed by atoms with van der Waals surface area (Å²) >= 11 is 0. The number of phenolic OH excluding ortho intramolecular Hbond substituents is 1. The highest BCUT2D eigenvalue weighted by atomic mass is 16.3. The summed E-state index contributed by atoms with van der Waals surface area (Å²) in [5.41, 5.74) is 5.61. The Morgan fingerprint density at radius 3 is 2.41 bits per heavy atom. The van der Waals surface area contributed by atoms with Crippen molar-refractivity contribution in [3.05, 3.63) is 29.8 Å². The molecule has 0 heterocycles. The zero-order valence-electron chi connectivity index (χ0n) is 10.4. The molecule has 1 rings (SSSR count). The lowest BCUT2D eigenvalue weighted by molar-refractivity contribution is 0.0892. The van der Waals surface area contributed by atoms with Gasteiger partial charge in [0.25, 0.3) is 5.91 Å². The Kier molecular flexibility index (Phi) is 4.52. The number of amides is 1. The molecule has 0 aromatic heterocycles. The molecule has 0 fully saturated rings. The number of rotatable bonds is 5. The fourth-order valence-corrected chi connectivity index (χ4v) is 1.74. The van der Waals surface area contributed by atoms with Crippen molar-refractivity contribution in [3.8, 4) is 5.75 Å². The molecule has 1 aromatic rings. The lowest BCUT2D eigenvalue weighted by Crippen LogP contribution is -2.52. The summed E-state index contributed by atoms with van der Waals surface area (Å²) < 4.78 is 0. The molecule has 1 amide bonds. The predicted molar refractivity (Wildman–Crippen MR) is 67.9 cm³/mol. The Morgan fingerprint density at radius 1 is 1.35 bits per heavy atom. The largest absolute Gasteiger partial charge is 0.507 e. The van der Waals surface area contributed by atoms with Gasteiger partial charge in [0, 0.05) is 6.54 Å². The van der Waals surface area contributed by atoms with Gasteiger partial charge in [0.1, 0.15) is 5.75 Å². The zero-order valence-corrected chi connectivity index (χ0v) is 10.4. The molecular weight excluding hydrogens is 216 g/mol. The van der Waals surface area contributed by atoms with Gasteiger partial charge in [-0.15, -0.1) is 0 Å². The van der Waals surface area contributed by atoms with Gasteiger partial charge >= 0.3 is 0 Å². The lowest BCUT2D eigenvalue weighted by Gasteiger charge is -2.31. The highest BCUT2D eigenvalue weighted by Gasteiger charge is 2.27. The van der Waals surface area contributed by atoms with Gasteiger partial charge in [-0.2, -0.15) is 0 Å². The molecular formula is C13H20N2O2. The summed E-state index contributed by atoms with van der Waals surface area (Å²) in [4.78, 5) is 12.0. The van der Waals surface area contributed by atoms with Crippen LogP contribution in [0.15, 0.2) is 24.3 Å². The van der Waals surface area contributed by atoms with Crippen molar-refractivity contribution in [3.63, 3.8) is 0 Å². The third-order valence-corrected chi connectivity index (χ3v) is 3.27. The van der Waals surface area contributed by atoms with Crippen molar-refractivity contribution >= 4 is 5.91 Å². The van der Waals surface area contributed by atoms with Gasteiger partial charge in [-0.3, -0.25) is 4.79 Å². The zero-order chi connectivity index (χ0) is 12.9. The number of carbonyl (C=O) groups is 1. The van der Waals surface area contributed by atoms with Crippen LogP contribution in [-0.2, 0) is 0 Å². The molecule has 0 radical (unpaired) electrons. The van der Waals surface area contributed by atoms with Gasteiger partial charge in [-0.25, -0.2) is 0 Å². The molecule has 0 bridgehead atoms. The third kappa shape index (κ3) is 2.97. The fraction of sp³-hybridized carbons (Fsp3) is 0.462. The van der Waals surface area contributed by atoms with Crippen molar-refractivity contribution in [2.24, 2.45) is 5.73 Å². The first-order valence-corrected chi connectivity index (χ1v) is 5.89. The van der Waals surface area contributed by atoms with Gasteiger partial charge in [-0.1, -0.05) is 26.0 Å². The van der Waals surface area contributed by atoms with Crippen molar-refractivity contribution in [2.75, 3.05) is 6.54 Å². The third-order valence-electron chi connectivity index (χ3n) is 3.27. The van der Waals surface area contributed by atoms with E-state index in [0.717, 1.165) is 12.8 Å². The van der Waals surface area contributed by atoms with E-state index in [0.29, 0.717) is 6.54 Å². The second kappa shape index (κ2) is 5.68. The van der Waals surface area contributed by atoms with E-state index in [1.54, 1.807) is 18.2 Å². The van der Waals surface area contributed by atoms with E-state index in [2.05, 4.69) is 5.32 Å². The quantitative estimate of drug-likeness (QED) is 0.727. The van der Waals surface area contributed by atoms with E-state index in [-0.39, 0.29) is 22.8 Å². The van der Waals surface area contributed by atoms with Crippen LogP contribution in [-0.4, -0.2) is 23.1 Å². The summed E-state index contributed by atoms with van der Waals surface area (Å²) in [6.07, 6.45) is 1.53. The van der Waals surface area contributed by atoms with Gasteiger partial charge in [0.05, 0.1) is 11.1 Å². The molecule has 4 nitrogen and oxygen atoms in total. The Hall–Kier alpha value is -1.55. The van der Waals surface area contributed by atoms with Crippen molar-refractivity contribution < 1.29 is 9.90 Å². The molecule has 4 heteroatoms. The van der Waals surface area contributed by atoms with Crippen LogP contribution in [0.1, 0.15) is 37.0 Å². The Bertz CT molecular complexity index is 378. The van der Waals surface area contributed by atoms with Crippen LogP contribution in [0, 0.1) is 0 Å². The summed E-state index contributed by atoms with van der Waals surface area (Å²) in [6.45, 7) is 4.36. The molecule has 1 aromatic carbocycles. The average molecular weight is 236 g/mol. The predicted octanol–water partition coefficient (Wildman–Crippen LogP) is 1.64. The smallest absolute Gasteiger partial charge is 0.255 e. The van der Waals surface area contributed by atoms with E-state index in [1.807, 2.05) is 13.8 Å². The minimum Gasteiger partial charge on any atom is -0.507 e. The molecule has 0 aliphatic rings. The molecule has 17 heavy (non-hydrogen) atoms. The first kappa shape index (κ1) is 13.5. The number of aromatic hydroxyl groups is 1. The maximum absolute atomic E-state index is 12.0. The number of hydrogen-bond donors (Lipinski definition) is 3. The number of hydrogen-bond acceptors (Lipinski definition) is 3. The minimum atomic E-state index is -0.390. The van der Waals surface area contributed by atoms with Crippen LogP contribution < -0.4 is 11.1 Å². The van der Waals surface area contributed by atoms with Crippen molar-refractivity contribution in [1.82, 2.24) is 5.32 Å². The molecule has 0 saturated carbocycles. The standard InChI is InChI=1S/C13H20N2O2/c1-3-13(4-2,9-14)15-12(17)10-7-5-6-8-11(10)16/h5-8,16H,3-4,9,14H2,1-2H3,(H,15,17). The molecule has 4 N–H and O–H groups in total. The minimum absolute atomic E-state index is 0.0110. The highest BCUT2D eigenvalue weighted by Crippen LogP contribution is 2.19. The number of phenols is 1. The summed E-state index contributed by atoms with van der Waals surface area (Å²) in [7, 11) is 0. The summed E-state index contributed by atoms with van der Waals surface area (Å²) in [6, 6.07) is 6.49. The van der Waals surface area contributed by atoms with Crippen LogP contribution in [0.25, 0.3) is 0 Å². The van der Waals surface area contributed by atoms with E-state index in [1.165, 1.54) is 6.07 Å². The molecule has 0 aliphatic carbocycles. The SMILES string of the molecule is CCC(CC)(CN)NC(=O)c1ccccc1O. The first-order chi connectivity index (χ1) is 8.08. The average Bonchev–Trinajstić information content (AvgIpc) is 2.36. The number of para-hydroxylation sites is 1. The van der Waals surface area contributed by atoms with Crippen LogP contribution in [0.5, 0.6) is 5.75 Å². The Labute approximate surface area is 102 Å². The van der Waals surface area contributed by atoms with Crippen molar-refractivity contribution in [1.29, 1.82) is 0 Å². The van der Waals surface area contributed by atoms with Crippen LogP contribution in [0.3, 0.4) is 0 Å². The highest BCUT2D eigenvalue weighted by molar-refractivity contribution is 5.97. The number of carbonyl (C=O) groups excluding carboxylic acids is 1. The summed E-state index contributed by atoms with van der Waals surface area (Å²) in [5.74, 6) is -0.291. The van der Waals surface area contributed by atoms with E-state index >= 15 is 0 Å². The molecule has 0 unspecified atom stereocenters. The molecule has 0 atom stereocenters. The molecule has 0 saturated heterocycles. The number of benzene rings is 1. The maximum atomic E-state index is 12.0. The van der Waals surface area contributed by atoms with Gasteiger partial charge in [0.2, 0.25) is 0 Å². The second-order valence-corrected chi connectivity index (χ2v) is 4.16. The van der Waals surface area contributed by atoms with Crippen LogP contribution >= 0.6 is 0 Å².